The van der Waals surface area contributed by atoms with Crippen LogP contribution in [0.2, 0.25) is 0 Å². The lowest BCUT2D eigenvalue weighted by atomic mass is 9.81. The Bertz CT molecular complexity index is 729. The fourth-order valence-corrected chi connectivity index (χ4v) is 4.21. The van der Waals surface area contributed by atoms with Crippen LogP contribution in [0.15, 0.2) is 60.7 Å². The van der Waals surface area contributed by atoms with E-state index in [-0.39, 0.29) is 23.7 Å². The highest BCUT2D eigenvalue weighted by Gasteiger charge is 2.30. The van der Waals surface area contributed by atoms with Gasteiger partial charge in [0.25, 0.3) is 0 Å². The third kappa shape index (κ3) is 6.19. The predicted molar refractivity (Wildman–Crippen MR) is 121 cm³/mol. The molecule has 0 heterocycles. The van der Waals surface area contributed by atoms with Gasteiger partial charge in [-0.15, -0.1) is 0 Å². The predicted octanol–water partition coefficient (Wildman–Crippen LogP) is 4.63. The maximum atomic E-state index is 12.6. The van der Waals surface area contributed by atoms with Gasteiger partial charge in [-0.2, -0.15) is 0 Å². The van der Waals surface area contributed by atoms with Gasteiger partial charge >= 0.3 is 0 Å². The minimum absolute atomic E-state index is 0.0280. The molecule has 0 spiro atoms. The molecule has 0 radical (unpaired) electrons. The fraction of sp³-hybridized carbons (Fsp3) is 0.462. The molecule has 30 heavy (non-hydrogen) atoms. The Labute approximate surface area is 180 Å². The summed E-state index contributed by atoms with van der Waals surface area (Å²) in [6.07, 6.45) is 3.16. The highest BCUT2D eigenvalue weighted by Crippen LogP contribution is 2.29. The lowest BCUT2D eigenvalue weighted by molar-refractivity contribution is -0.130. The van der Waals surface area contributed by atoms with E-state index in [1.165, 1.54) is 11.1 Å². The Hall–Kier alpha value is -2.62. The first-order valence-electron chi connectivity index (χ1n) is 11.2. The van der Waals surface area contributed by atoms with Crippen LogP contribution < -0.4 is 10.6 Å². The van der Waals surface area contributed by atoms with Crippen molar-refractivity contribution in [1.82, 2.24) is 10.6 Å². The third-order valence-corrected chi connectivity index (χ3v) is 6.37. The average Bonchev–Trinajstić information content (AvgIpc) is 2.81. The topological polar surface area (TPSA) is 58.2 Å². The number of nitrogens with one attached hydrogen (secondary N) is 2. The highest BCUT2D eigenvalue weighted by molar-refractivity contribution is 5.81. The summed E-state index contributed by atoms with van der Waals surface area (Å²) in [5.41, 5.74) is 2.48. The Morgan fingerprint density at radius 3 is 1.37 bits per heavy atom. The van der Waals surface area contributed by atoms with Crippen molar-refractivity contribution in [3.05, 3.63) is 71.8 Å². The molecule has 1 aliphatic carbocycles. The minimum atomic E-state index is 0.0280. The summed E-state index contributed by atoms with van der Waals surface area (Å²) in [7, 11) is 0. The molecule has 0 saturated heterocycles. The Kier molecular flexibility index (Phi) is 8.06. The Balaban J connectivity index is 1.37. The van der Waals surface area contributed by atoms with Gasteiger partial charge in [0.15, 0.2) is 0 Å². The van der Waals surface area contributed by atoms with E-state index < -0.39 is 0 Å². The van der Waals surface area contributed by atoms with Crippen molar-refractivity contribution in [2.45, 2.75) is 51.4 Å². The molecule has 0 aromatic heterocycles. The SMILES string of the molecule is C[C@H](CNC(=O)C1CCC(C(=O)NC[C@@H](C)c2ccccc2)CC1)c1ccccc1. The smallest absolute Gasteiger partial charge is 0.223 e. The molecule has 2 N–H and O–H groups in total. The van der Waals surface area contributed by atoms with Crippen LogP contribution in [0, 0.1) is 11.8 Å². The van der Waals surface area contributed by atoms with Crippen LogP contribution >= 0.6 is 0 Å². The lowest BCUT2D eigenvalue weighted by Crippen LogP contribution is -2.39. The fourth-order valence-electron chi connectivity index (χ4n) is 4.21. The summed E-state index contributed by atoms with van der Waals surface area (Å²) >= 11 is 0. The van der Waals surface area contributed by atoms with E-state index in [9.17, 15) is 9.59 Å². The van der Waals surface area contributed by atoms with Crippen LogP contribution in [0.5, 0.6) is 0 Å². The van der Waals surface area contributed by atoms with Gasteiger partial charge in [-0.05, 0) is 48.6 Å². The number of rotatable bonds is 8. The van der Waals surface area contributed by atoms with Crippen LogP contribution in [-0.2, 0) is 9.59 Å². The normalized spacial score (nSPS) is 20.7. The summed E-state index contributed by atoms with van der Waals surface area (Å²) in [4.78, 5) is 25.1. The highest BCUT2D eigenvalue weighted by atomic mass is 16.2. The van der Waals surface area contributed by atoms with Crippen molar-refractivity contribution in [3.8, 4) is 0 Å². The molecular formula is C26H34N2O2. The summed E-state index contributed by atoms with van der Waals surface area (Å²) < 4.78 is 0. The molecule has 2 aromatic rings. The van der Waals surface area contributed by atoms with E-state index >= 15 is 0 Å². The van der Waals surface area contributed by atoms with Gasteiger partial charge in [-0.3, -0.25) is 9.59 Å². The largest absolute Gasteiger partial charge is 0.355 e. The minimum Gasteiger partial charge on any atom is -0.355 e. The second kappa shape index (κ2) is 11.0. The maximum Gasteiger partial charge on any atom is 0.223 e. The number of carbonyl (C=O) groups excluding carboxylic acids is 2. The Morgan fingerprint density at radius 1 is 0.700 bits per heavy atom. The van der Waals surface area contributed by atoms with Gasteiger partial charge in [-0.25, -0.2) is 0 Å². The summed E-state index contributed by atoms with van der Waals surface area (Å²) in [6.45, 7) is 5.57. The second-order valence-electron chi connectivity index (χ2n) is 8.66. The van der Waals surface area contributed by atoms with E-state index in [0.717, 1.165) is 25.7 Å². The first-order chi connectivity index (χ1) is 14.5. The average molecular weight is 407 g/mol. The van der Waals surface area contributed by atoms with E-state index in [2.05, 4.69) is 48.7 Å². The summed E-state index contributed by atoms with van der Waals surface area (Å²) in [5.74, 6) is 0.914. The molecule has 160 valence electrons. The van der Waals surface area contributed by atoms with E-state index in [4.69, 9.17) is 0 Å². The molecule has 0 unspecified atom stereocenters. The van der Waals surface area contributed by atoms with Crippen LogP contribution in [-0.4, -0.2) is 24.9 Å². The van der Waals surface area contributed by atoms with Gasteiger partial charge in [0.1, 0.15) is 0 Å². The van der Waals surface area contributed by atoms with Gasteiger partial charge in [0.05, 0.1) is 0 Å². The molecule has 3 rings (SSSR count). The quantitative estimate of drug-likeness (QED) is 0.671. The lowest BCUT2D eigenvalue weighted by Gasteiger charge is -2.28. The monoisotopic (exact) mass is 406 g/mol. The zero-order valence-corrected chi connectivity index (χ0v) is 18.1. The number of amides is 2. The molecule has 2 atom stereocenters. The maximum absolute atomic E-state index is 12.6. The third-order valence-electron chi connectivity index (χ3n) is 6.37. The molecule has 4 heteroatoms. The van der Waals surface area contributed by atoms with E-state index in [1.54, 1.807) is 0 Å². The number of carbonyl (C=O) groups is 2. The molecule has 2 aromatic carbocycles. The van der Waals surface area contributed by atoms with Crippen LogP contribution in [0.4, 0.5) is 0 Å². The number of hydrogen-bond donors (Lipinski definition) is 2. The van der Waals surface area contributed by atoms with Crippen molar-refractivity contribution >= 4 is 11.8 Å². The first kappa shape index (κ1) is 22.1. The molecular weight excluding hydrogens is 372 g/mol. The molecule has 4 nitrogen and oxygen atoms in total. The molecule has 0 bridgehead atoms. The molecule has 2 amide bonds. The standard InChI is InChI=1S/C26H34N2O2/c1-19(21-9-5-3-6-10-21)17-27-25(29)23-13-15-24(16-14-23)26(30)28-18-20(2)22-11-7-4-8-12-22/h3-12,19-20,23-24H,13-18H2,1-2H3,(H,27,29)(H,28,30)/t19-,20-,23?,24?/m1/s1. The zero-order chi connectivity index (χ0) is 21.3. The van der Waals surface area contributed by atoms with Crippen LogP contribution in [0.25, 0.3) is 0 Å². The molecule has 0 aliphatic heterocycles. The Morgan fingerprint density at radius 2 is 1.03 bits per heavy atom. The second-order valence-corrected chi connectivity index (χ2v) is 8.66. The number of hydrogen-bond acceptors (Lipinski definition) is 2. The summed E-state index contributed by atoms with van der Waals surface area (Å²) in [6, 6.07) is 20.5. The van der Waals surface area contributed by atoms with Crippen molar-refractivity contribution in [2.75, 3.05) is 13.1 Å². The van der Waals surface area contributed by atoms with Crippen LogP contribution in [0.3, 0.4) is 0 Å². The zero-order valence-electron chi connectivity index (χ0n) is 18.1. The van der Waals surface area contributed by atoms with Crippen molar-refractivity contribution < 1.29 is 9.59 Å². The van der Waals surface area contributed by atoms with Gasteiger partial charge in [0, 0.05) is 24.9 Å². The van der Waals surface area contributed by atoms with Crippen molar-refractivity contribution in [1.29, 1.82) is 0 Å². The van der Waals surface area contributed by atoms with Crippen molar-refractivity contribution in [2.24, 2.45) is 11.8 Å². The van der Waals surface area contributed by atoms with Gasteiger partial charge in [0.2, 0.25) is 11.8 Å². The van der Waals surface area contributed by atoms with Gasteiger partial charge < -0.3 is 10.6 Å². The first-order valence-corrected chi connectivity index (χ1v) is 11.2. The number of benzene rings is 2. The van der Waals surface area contributed by atoms with Gasteiger partial charge in [-0.1, -0.05) is 74.5 Å². The van der Waals surface area contributed by atoms with E-state index in [0.29, 0.717) is 24.9 Å². The molecule has 1 aliphatic rings. The summed E-state index contributed by atoms with van der Waals surface area (Å²) in [5, 5.41) is 6.23. The van der Waals surface area contributed by atoms with Crippen molar-refractivity contribution in [3.63, 3.8) is 0 Å². The van der Waals surface area contributed by atoms with Crippen LogP contribution in [0.1, 0.15) is 62.5 Å². The molecule has 1 fully saturated rings. The van der Waals surface area contributed by atoms with E-state index in [1.807, 2.05) is 36.4 Å². The molecule has 1 saturated carbocycles.